The molecule has 0 aliphatic carbocycles. The molecule has 0 unspecified atom stereocenters. The van der Waals surface area contributed by atoms with Crippen molar-refractivity contribution in [2.24, 2.45) is 0 Å². The van der Waals surface area contributed by atoms with Crippen LogP contribution in [0.25, 0.3) is 5.69 Å². The zero-order chi connectivity index (χ0) is 21.2. The van der Waals surface area contributed by atoms with Crippen LogP contribution in [0, 0.1) is 18.3 Å². The van der Waals surface area contributed by atoms with Crippen LogP contribution in [-0.4, -0.2) is 31.3 Å². The number of urea groups is 1. The number of amides is 2. The van der Waals surface area contributed by atoms with Crippen LogP contribution in [0.15, 0.2) is 59.5 Å². The molecule has 0 saturated heterocycles. The molecule has 2 amide bonds. The Kier molecular flexibility index (Phi) is 5.59. The van der Waals surface area contributed by atoms with Gasteiger partial charge in [-0.1, -0.05) is 29.8 Å². The van der Waals surface area contributed by atoms with Crippen molar-refractivity contribution >= 4 is 33.5 Å². The van der Waals surface area contributed by atoms with E-state index in [4.69, 9.17) is 11.6 Å². The highest BCUT2D eigenvalue weighted by Crippen LogP contribution is 2.26. The van der Waals surface area contributed by atoms with Gasteiger partial charge in [0, 0.05) is 12.1 Å². The number of carbonyl (C=O) groups is 1. The number of nitriles is 1. The van der Waals surface area contributed by atoms with Gasteiger partial charge in [0.2, 0.25) is 0 Å². The zero-order valence-electron chi connectivity index (χ0n) is 15.5. The smallest absolute Gasteiger partial charge is 0.280 e. The number of aromatic nitrogens is 2. The third kappa shape index (κ3) is 4.08. The molecule has 0 saturated carbocycles. The number of benzene rings is 2. The topological polar surface area (TPSA) is 108 Å². The van der Waals surface area contributed by atoms with E-state index >= 15 is 0 Å². The van der Waals surface area contributed by atoms with E-state index in [1.165, 1.54) is 36.0 Å². The van der Waals surface area contributed by atoms with E-state index in [0.29, 0.717) is 16.4 Å². The second-order valence-corrected chi connectivity index (χ2v) is 8.19. The Balaban J connectivity index is 1.98. The number of carbonyl (C=O) groups excluding carboxylic acids is 1. The van der Waals surface area contributed by atoms with Gasteiger partial charge in [-0.2, -0.15) is 10.4 Å². The molecular weight excluding hydrogens is 414 g/mol. The van der Waals surface area contributed by atoms with E-state index in [2.05, 4.69) is 5.10 Å². The van der Waals surface area contributed by atoms with Crippen molar-refractivity contribution < 1.29 is 13.2 Å². The van der Waals surface area contributed by atoms with E-state index < -0.39 is 16.1 Å². The van der Waals surface area contributed by atoms with Crippen LogP contribution in [-0.2, 0) is 10.0 Å². The van der Waals surface area contributed by atoms with E-state index in [9.17, 15) is 18.5 Å². The number of nitrogens with zero attached hydrogens (tertiary/aromatic N) is 4. The molecule has 2 aromatic carbocycles. The number of aryl methyl sites for hydroxylation is 1. The number of halogens is 1. The van der Waals surface area contributed by atoms with Gasteiger partial charge in [-0.15, -0.1) is 0 Å². The summed E-state index contributed by atoms with van der Waals surface area (Å²) in [5.74, 6) is 0.153. The zero-order valence-corrected chi connectivity index (χ0v) is 17.1. The SMILES string of the molecule is Cc1nn(-c2ccccc2)c(N(C)C(=O)NS(=O)(=O)c2ccc(Cl)cc2)c1C#N. The van der Waals surface area contributed by atoms with Gasteiger partial charge in [-0.3, -0.25) is 4.90 Å². The third-order valence-electron chi connectivity index (χ3n) is 4.12. The summed E-state index contributed by atoms with van der Waals surface area (Å²) in [6, 6.07) is 15.4. The lowest BCUT2D eigenvalue weighted by atomic mass is 10.2. The van der Waals surface area contributed by atoms with Crippen molar-refractivity contribution in [2.45, 2.75) is 11.8 Å². The molecule has 10 heteroatoms. The normalized spacial score (nSPS) is 11.0. The number of sulfonamides is 1. The van der Waals surface area contributed by atoms with Gasteiger partial charge in [0.05, 0.1) is 16.3 Å². The van der Waals surface area contributed by atoms with Gasteiger partial charge in [0.25, 0.3) is 10.0 Å². The van der Waals surface area contributed by atoms with Crippen molar-refractivity contribution in [3.8, 4) is 11.8 Å². The summed E-state index contributed by atoms with van der Waals surface area (Å²) in [5, 5.41) is 14.2. The van der Waals surface area contributed by atoms with Crippen molar-refractivity contribution in [3.63, 3.8) is 0 Å². The lowest BCUT2D eigenvalue weighted by molar-refractivity contribution is 0.252. The van der Waals surface area contributed by atoms with E-state index in [0.717, 1.165) is 4.90 Å². The average Bonchev–Trinajstić information content (AvgIpc) is 3.04. The molecule has 0 spiro atoms. The maximum absolute atomic E-state index is 12.7. The Morgan fingerprint density at radius 1 is 1.17 bits per heavy atom. The summed E-state index contributed by atoms with van der Waals surface area (Å²) in [5.41, 5.74) is 1.19. The number of hydrogen-bond donors (Lipinski definition) is 1. The maximum Gasteiger partial charge on any atom is 0.336 e. The quantitative estimate of drug-likeness (QED) is 0.684. The molecule has 1 N–H and O–H groups in total. The van der Waals surface area contributed by atoms with Crippen LogP contribution < -0.4 is 9.62 Å². The molecule has 0 atom stereocenters. The van der Waals surface area contributed by atoms with E-state index in [-0.39, 0.29) is 16.3 Å². The fraction of sp³-hybridized carbons (Fsp3) is 0.105. The Labute approximate surface area is 173 Å². The molecule has 0 fully saturated rings. The number of anilines is 1. The van der Waals surface area contributed by atoms with Crippen LogP contribution >= 0.6 is 11.6 Å². The largest absolute Gasteiger partial charge is 0.336 e. The highest BCUT2D eigenvalue weighted by Gasteiger charge is 2.27. The Hall–Kier alpha value is -3.35. The Bertz CT molecular complexity index is 1200. The van der Waals surface area contributed by atoms with Gasteiger partial charge in [0.1, 0.15) is 11.6 Å². The number of para-hydroxylation sites is 1. The van der Waals surface area contributed by atoms with Crippen LogP contribution in [0.3, 0.4) is 0 Å². The summed E-state index contributed by atoms with van der Waals surface area (Å²) in [4.78, 5) is 13.6. The predicted octanol–water partition coefficient (Wildman–Crippen LogP) is 3.24. The number of rotatable bonds is 4. The lowest BCUT2D eigenvalue weighted by Gasteiger charge is -2.19. The van der Waals surface area contributed by atoms with Crippen molar-refractivity contribution in [2.75, 3.05) is 11.9 Å². The van der Waals surface area contributed by atoms with Gasteiger partial charge in [-0.05, 0) is 43.3 Å². The monoisotopic (exact) mass is 429 g/mol. The molecule has 3 aromatic rings. The fourth-order valence-corrected chi connectivity index (χ4v) is 3.76. The minimum atomic E-state index is -4.13. The average molecular weight is 430 g/mol. The fourth-order valence-electron chi connectivity index (χ4n) is 2.66. The highest BCUT2D eigenvalue weighted by atomic mass is 35.5. The highest BCUT2D eigenvalue weighted by molar-refractivity contribution is 7.90. The summed E-state index contributed by atoms with van der Waals surface area (Å²) in [7, 11) is -2.77. The second kappa shape index (κ2) is 7.95. The molecule has 0 radical (unpaired) electrons. The van der Waals surface area contributed by atoms with Crippen molar-refractivity contribution in [1.29, 1.82) is 5.26 Å². The third-order valence-corrected chi connectivity index (χ3v) is 5.70. The summed E-state index contributed by atoms with van der Waals surface area (Å²) in [6.45, 7) is 1.64. The standard InChI is InChI=1S/C19H16ClN5O3S/c1-13-17(12-21)18(25(22-13)15-6-4-3-5-7-15)24(2)19(26)23-29(27,28)16-10-8-14(20)9-11-16/h3-11H,1-2H3,(H,23,26). The lowest BCUT2D eigenvalue weighted by Crippen LogP contribution is -2.41. The first-order valence-corrected chi connectivity index (χ1v) is 10.2. The molecule has 0 bridgehead atoms. The molecular formula is C19H16ClN5O3S. The van der Waals surface area contributed by atoms with Crippen molar-refractivity contribution in [1.82, 2.24) is 14.5 Å². The number of hydrogen-bond acceptors (Lipinski definition) is 5. The van der Waals surface area contributed by atoms with Crippen molar-refractivity contribution in [3.05, 3.63) is 70.9 Å². The second-order valence-electron chi connectivity index (χ2n) is 6.07. The number of nitrogens with one attached hydrogen (secondary N) is 1. The molecule has 3 rings (SSSR count). The Morgan fingerprint density at radius 2 is 1.79 bits per heavy atom. The summed E-state index contributed by atoms with van der Waals surface area (Å²) in [6.07, 6.45) is 0. The molecule has 8 nitrogen and oxygen atoms in total. The van der Waals surface area contributed by atoms with Crippen LogP contribution in [0.4, 0.5) is 10.6 Å². The van der Waals surface area contributed by atoms with E-state index in [1.807, 2.05) is 16.9 Å². The molecule has 29 heavy (non-hydrogen) atoms. The molecule has 148 valence electrons. The molecule has 1 aromatic heterocycles. The predicted molar refractivity (Wildman–Crippen MR) is 109 cm³/mol. The minimum absolute atomic E-state index is 0.114. The Morgan fingerprint density at radius 3 is 2.38 bits per heavy atom. The van der Waals surface area contributed by atoms with Gasteiger partial charge in [0.15, 0.2) is 5.82 Å². The summed E-state index contributed by atoms with van der Waals surface area (Å²) >= 11 is 5.78. The van der Waals surface area contributed by atoms with Gasteiger partial charge < -0.3 is 0 Å². The van der Waals surface area contributed by atoms with Gasteiger partial charge >= 0.3 is 6.03 Å². The van der Waals surface area contributed by atoms with E-state index in [1.54, 1.807) is 31.2 Å². The first kappa shape index (κ1) is 20.4. The summed E-state index contributed by atoms with van der Waals surface area (Å²) < 4.78 is 28.4. The first-order chi connectivity index (χ1) is 13.7. The molecule has 1 heterocycles. The van der Waals surface area contributed by atoms with Gasteiger partial charge in [-0.25, -0.2) is 22.6 Å². The molecule has 0 aliphatic rings. The van der Waals surface area contributed by atoms with Crippen LogP contribution in [0.1, 0.15) is 11.3 Å². The first-order valence-electron chi connectivity index (χ1n) is 8.36. The van der Waals surface area contributed by atoms with Crippen LogP contribution in [0.5, 0.6) is 0 Å². The molecule has 0 aliphatic heterocycles. The van der Waals surface area contributed by atoms with Crippen LogP contribution in [0.2, 0.25) is 5.02 Å². The minimum Gasteiger partial charge on any atom is -0.280 e. The maximum atomic E-state index is 12.7.